The summed E-state index contributed by atoms with van der Waals surface area (Å²) in [6.07, 6.45) is 2.33. The molecule has 0 atom stereocenters. The fraction of sp³-hybridized carbons (Fsp3) is 0.588. The maximum absolute atomic E-state index is 5.88. The van der Waals surface area contributed by atoms with Crippen molar-refractivity contribution in [2.45, 2.75) is 39.3 Å². The lowest BCUT2D eigenvalue weighted by molar-refractivity contribution is 0.268. The standard InChI is InChI=1S/C17H29ClN4/c1-14(2)22(4)12-6-5-11-20-17(19-3)21-13-15-7-9-16(18)10-8-15/h7-10,14H,5-6,11-13H2,1-4H3,(H2,19,20,21). The topological polar surface area (TPSA) is 39.7 Å². The molecule has 1 rings (SSSR count). The summed E-state index contributed by atoms with van der Waals surface area (Å²) in [6, 6.07) is 8.45. The van der Waals surface area contributed by atoms with Gasteiger partial charge in [-0.05, 0) is 58.0 Å². The van der Waals surface area contributed by atoms with Crippen molar-refractivity contribution < 1.29 is 0 Å². The van der Waals surface area contributed by atoms with Crippen molar-refractivity contribution in [3.05, 3.63) is 34.9 Å². The molecule has 0 heterocycles. The number of hydrogen-bond donors (Lipinski definition) is 2. The summed E-state index contributed by atoms with van der Waals surface area (Å²) in [4.78, 5) is 6.61. The van der Waals surface area contributed by atoms with E-state index in [0.717, 1.165) is 37.0 Å². The zero-order valence-electron chi connectivity index (χ0n) is 14.2. The van der Waals surface area contributed by atoms with Crippen LogP contribution in [0.5, 0.6) is 0 Å². The summed E-state index contributed by atoms with van der Waals surface area (Å²) in [7, 11) is 3.97. The van der Waals surface area contributed by atoms with E-state index in [0.29, 0.717) is 6.04 Å². The Bertz CT molecular complexity index is 442. The minimum atomic E-state index is 0.613. The number of halogens is 1. The first-order chi connectivity index (χ1) is 10.5. The van der Waals surface area contributed by atoms with Crippen LogP contribution in [0.3, 0.4) is 0 Å². The lowest BCUT2D eigenvalue weighted by atomic mass is 10.2. The molecular weight excluding hydrogens is 296 g/mol. The predicted molar refractivity (Wildman–Crippen MR) is 96.7 cm³/mol. The van der Waals surface area contributed by atoms with Gasteiger partial charge in [0.1, 0.15) is 0 Å². The van der Waals surface area contributed by atoms with Crippen LogP contribution >= 0.6 is 11.6 Å². The van der Waals surface area contributed by atoms with Crippen molar-refractivity contribution in [1.82, 2.24) is 15.5 Å². The first-order valence-electron chi connectivity index (χ1n) is 7.92. The van der Waals surface area contributed by atoms with Crippen molar-refractivity contribution in [2.24, 2.45) is 4.99 Å². The van der Waals surface area contributed by atoms with Gasteiger partial charge in [-0.15, -0.1) is 0 Å². The van der Waals surface area contributed by atoms with E-state index in [1.165, 1.54) is 12.0 Å². The summed E-state index contributed by atoms with van der Waals surface area (Å²) in [5, 5.41) is 7.42. The first-order valence-corrected chi connectivity index (χ1v) is 8.30. The molecule has 22 heavy (non-hydrogen) atoms. The molecule has 1 aromatic carbocycles. The third-order valence-electron chi connectivity index (χ3n) is 3.71. The van der Waals surface area contributed by atoms with E-state index in [4.69, 9.17) is 11.6 Å². The van der Waals surface area contributed by atoms with Crippen molar-refractivity contribution in [2.75, 3.05) is 27.2 Å². The van der Waals surface area contributed by atoms with E-state index in [1.54, 1.807) is 7.05 Å². The Balaban J connectivity index is 2.19. The summed E-state index contributed by atoms with van der Waals surface area (Å²) in [5.41, 5.74) is 1.19. The lowest BCUT2D eigenvalue weighted by Crippen LogP contribution is -2.37. The highest BCUT2D eigenvalue weighted by molar-refractivity contribution is 6.30. The zero-order valence-corrected chi connectivity index (χ0v) is 15.0. The fourth-order valence-electron chi connectivity index (χ4n) is 1.96. The highest BCUT2D eigenvalue weighted by atomic mass is 35.5. The highest BCUT2D eigenvalue weighted by Gasteiger charge is 2.02. The van der Waals surface area contributed by atoms with E-state index in [2.05, 4.69) is 41.4 Å². The molecule has 0 spiro atoms. The van der Waals surface area contributed by atoms with Gasteiger partial charge in [-0.25, -0.2) is 0 Å². The van der Waals surface area contributed by atoms with Gasteiger partial charge in [-0.1, -0.05) is 23.7 Å². The zero-order chi connectivity index (χ0) is 16.4. The van der Waals surface area contributed by atoms with E-state index in [1.807, 2.05) is 24.3 Å². The second-order valence-corrected chi connectivity index (χ2v) is 6.20. The molecule has 0 aliphatic carbocycles. The van der Waals surface area contributed by atoms with E-state index in [-0.39, 0.29) is 0 Å². The third-order valence-corrected chi connectivity index (χ3v) is 3.96. The molecule has 0 saturated carbocycles. The largest absolute Gasteiger partial charge is 0.356 e. The van der Waals surface area contributed by atoms with Crippen molar-refractivity contribution in [1.29, 1.82) is 0 Å². The van der Waals surface area contributed by atoms with Gasteiger partial charge >= 0.3 is 0 Å². The summed E-state index contributed by atoms with van der Waals surface area (Å²) in [6.45, 7) is 7.26. The Morgan fingerprint density at radius 1 is 1.18 bits per heavy atom. The van der Waals surface area contributed by atoms with Crippen LogP contribution in [0, 0.1) is 0 Å². The van der Waals surface area contributed by atoms with Crippen LogP contribution in [0.4, 0.5) is 0 Å². The molecule has 0 radical (unpaired) electrons. The Morgan fingerprint density at radius 3 is 2.45 bits per heavy atom. The van der Waals surface area contributed by atoms with Gasteiger partial charge in [0.2, 0.25) is 0 Å². The number of benzene rings is 1. The third kappa shape index (κ3) is 7.66. The minimum absolute atomic E-state index is 0.613. The molecule has 2 N–H and O–H groups in total. The molecule has 1 aromatic rings. The van der Waals surface area contributed by atoms with Gasteiger partial charge in [0, 0.05) is 31.2 Å². The smallest absolute Gasteiger partial charge is 0.191 e. The molecule has 0 saturated heterocycles. The number of rotatable bonds is 8. The van der Waals surface area contributed by atoms with Crippen LogP contribution in [-0.4, -0.2) is 44.1 Å². The summed E-state index contributed by atoms with van der Waals surface area (Å²) < 4.78 is 0. The second-order valence-electron chi connectivity index (χ2n) is 5.76. The van der Waals surface area contributed by atoms with Gasteiger partial charge < -0.3 is 15.5 Å². The Hall–Kier alpha value is -1.26. The first kappa shape index (κ1) is 18.8. The van der Waals surface area contributed by atoms with E-state index < -0.39 is 0 Å². The van der Waals surface area contributed by atoms with Gasteiger partial charge in [-0.2, -0.15) is 0 Å². The van der Waals surface area contributed by atoms with Crippen LogP contribution in [-0.2, 0) is 6.54 Å². The van der Waals surface area contributed by atoms with Gasteiger partial charge in [-0.3, -0.25) is 4.99 Å². The van der Waals surface area contributed by atoms with E-state index in [9.17, 15) is 0 Å². The molecule has 0 unspecified atom stereocenters. The number of nitrogens with zero attached hydrogens (tertiary/aromatic N) is 2. The molecule has 124 valence electrons. The highest BCUT2D eigenvalue weighted by Crippen LogP contribution is 2.09. The van der Waals surface area contributed by atoms with Crippen LogP contribution in [0.1, 0.15) is 32.3 Å². The van der Waals surface area contributed by atoms with E-state index >= 15 is 0 Å². The number of unbranched alkanes of at least 4 members (excludes halogenated alkanes) is 1. The fourth-order valence-corrected chi connectivity index (χ4v) is 2.09. The average Bonchev–Trinajstić information content (AvgIpc) is 2.51. The quantitative estimate of drug-likeness (QED) is 0.438. The SMILES string of the molecule is CN=C(NCCCCN(C)C(C)C)NCc1ccc(Cl)cc1. The monoisotopic (exact) mass is 324 g/mol. The van der Waals surface area contributed by atoms with Gasteiger partial charge in [0.15, 0.2) is 5.96 Å². The molecule has 0 bridgehead atoms. The number of aliphatic imine (C=N–C) groups is 1. The molecule has 0 aliphatic heterocycles. The maximum Gasteiger partial charge on any atom is 0.191 e. The minimum Gasteiger partial charge on any atom is -0.356 e. The molecule has 5 heteroatoms. The Labute approximate surface area is 140 Å². The molecule has 0 amide bonds. The molecule has 0 aliphatic rings. The van der Waals surface area contributed by atoms with Gasteiger partial charge in [0.05, 0.1) is 0 Å². The Morgan fingerprint density at radius 2 is 1.86 bits per heavy atom. The van der Waals surface area contributed by atoms with Crippen LogP contribution < -0.4 is 10.6 Å². The van der Waals surface area contributed by atoms with Gasteiger partial charge in [0.25, 0.3) is 0 Å². The number of guanidine groups is 1. The summed E-state index contributed by atoms with van der Waals surface area (Å²) >= 11 is 5.88. The normalized spacial score (nSPS) is 12.0. The molecule has 0 aromatic heterocycles. The predicted octanol–water partition coefficient (Wildman–Crippen LogP) is 3.13. The van der Waals surface area contributed by atoms with Crippen LogP contribution in [0.25, 0.3) is 0 Å². The van der Waals surface area contributed by atoms with Crippen LogP contribution in [0.15, 0.2) is 29.3 Å². The molecular formula is C17H29ClN4. The number of hydrogen-bond acceptors (Lipinski definition) is 2. The molecule has 0 fully saturated rings. The second kappa shape index (κ2) is 10.5. The number of nitrogens with one attached hydrogen (secondary N) is 2. The Kier molecular flexibility index (Phi) is 8.94. The maximum atomic E-state index is 5.88. The summed E-state index contributed by atoms with van der Waals surface area (Å²) in [5.74, 6) is 0.840. The average molecular weight is 325 g/mol. The lowest BCUT2D eigenvalue weighted by Gasteiger charge is -2.20. The van der Waals surface area contributed by atoms with Crippen molar-refractivity contribution in [3.63, 3.8) is 0 Å². The van der Waals surface area contributed by atoms with Crippen molar-refractivity contribution >= 4 is 17.6 Å². The van der Waals surface area contributed by atoms with Crippen LogP contribution in [0.2, 0.25) is 5.02 Å². The molecule has 4 nitrogen and oxygen atoms in total. The van der Waals surface area contributed by atoms with Crippen molar-refractivity contribution in [3.8, 4) is 0 Å².